The van der Waals surface area contributed by atoms with Gasteiger partial charge < -0.3 is 4.42 Å². The molecule has 2 heteroatoms. The third-order valence-electron chi connectivity index (χ3n) is 3.01. The van der Waals surface area contributed by atoms with Crippen molar-refractivity contribution in [3.05, 3.63) is 54.1 Å². The number of hydrogen-bond donors (Lipinski definition) is 1. The first kappa shape index (κ1) is 11.4. The smallest absolute Gasteiger partial charge is 0.135 e. The van der Waals surface area contributed by atoms with E-state index >= 15 is 0 Å². The summed E-state index contributed by atoms with van der Waals surface area (Å²) in [4.78, 5) is 0. The van der Waals surface area contributed by atoms with Gasteiger partial charge in [0.25, 0.3) is 0 Å². The minimum Gasteiger partial charge on any atom is -0.456 e. The van der Waals surface area contributed by atoms with Crippen LogP contribution in [0.15, 0.2) is 53.0 Å². The first-order chi connectivity index (χ1) is 8.88. The molecule has 0 fully saturated rings. The molecule has 0 aliphatic heterocycles. The highest BCUT2D eigenvalue weighted by molar-refractivity contribution is 7.80. The first-order valence-corrected chi connectivity index (χ1v) is 6.70. The Morgan fingerprint density at radius 1 is 1.00 bits per heavy atom. The molecule has 3 rings (SSSR count). The average Bonchev–Trinajstić information content (AvgIpc) is 2.77. The van der Waals surface area contributed by atoms with Crippen LogP contribution in [0.4, 0.5) is 0 Å². The molecular formula is C16H14OS. The summed E-state index contributed by atoms with van der Waals surface area (Å²) in [6, 6.07) is 14.4. The zero-order valence-electron chi connectivity index (χ0n) is 9.97. The summed E-state index contributed by atoms with van der Waals surface area (Å²) in [7, 11) is 0. The van der Waals surface area contributed by atoms with Crippen LogP contribution < -0.4 is 0 Å². The van der Waals surface area contributed by atoms with Crippen molar-refractivity contribution in [2.24, 2.45) is 0 Å². The van der Waals surface area contributed by atoms with E-state index in [1.54, 1.807) is 0 Å². The van der Waals surface area contributed by atoms with E-state index in [4.69, 9.17) is 4.42 Å². The Morgan fingerprint density at radius 2 is 1.83 bits per heavy atom. The molecule has 0 saturated carbocycles. The summed E-state index contributed by atoms with van der Waals surface area (Å²) in [6.07, 6.45) is 5.28. The fourth-order valence-electron chi connectivity index (χ4n) is 2.14. The Morgan fingerprint density at radius 3 is 2.72 bits per heavy atom. The number of allylic oxidation sites excluding steroid dienone is 1. The third-order valence-corrected chi connectivity index (χ3v) is 3.27. The minimum atomic E-state index is 0.882. The minimum absolute atomic E-state index is 0.882. The molecule has 1 heterocycles. The molecule has 0 aliphatic carbocycles. The molecule has 0 N–H and O–H groups in total. The van der Waals surface area contributed by atoms with Crippen molar-refractivity contribution in [2.75, 3.05) is 5.75 Å². The number of hydrogen-bond acceptors (Lipinski definition) is 2. The van der Waals surface area contributed by atoms with Crippen molar-refractivity contribution in [2.45, 2.75) is 6.42 Å². The van der Waals surface area contributed by atoms with Gasteiger partial charge in [-0.15, -0.1) is 0 Å². The van der Waals surface area contributed by atoms with Crippen LogP contribution in [-0.4, -0.2) is 5.75 Å². The molecule has 0 bridgehead atoms. The van der Waals surface area contributed by atoms with Gasteiger partial charge in [0, 0.05) is 10.8 Å². The average molecular weight is 254 g/mol. The van der Waals surface area contributed by atoms with Crippen molar-refractivity contribution >= 4 is 40.6 Å². The normalized spacial score (nSPS) is 11.8. The van der Waals surface area contributed by atoms with Crippen LogP contribution in [0.25, 0.3) is 28.0 Å². The zero-order valence-corrected chi connectivity index (χ0v) is 10.9. The summed E-state index contributed by atoms with van der Waals surface area (Å²) in [5.74, 6) is 0.882. The van der Waals surface area contributed by atoms with E-state index in [1.165, 1.54) is 16.3 Å². The SMILES string of the molecule is SCCC=Cc1ccc2oc3ccccc3c2c1. The van der Waals surface area contributed by atoms with Crippen LogP contribution in [0.2, 0.25) is 0 Å². The number of benzene rings is 2. The second-order valence-electron chi connectivity index (χ2n) is 4.27. The molecule has 0 radical (unpaired) electrons. The van der Waals surface area contributed by atoms with Gasteiger partial charge in [-0.05, 0) is 35.9 Å². The van der Waals surface area contributed by atoms with Crippen molar-refractivity contribution in [1.29, 1.82) is 0 Å². The Bertz CT molecular complexity index is 709. The summed E-state index contributed by atoms with van der Waals surface area (Å²) >= 11 is 4.20. The lowest BCUT2D eigenvalue weighted by Crippen LogP contribution is -1.73. The van der Waals surface area contributed by atoms with E-state index in [0.717, 1.165) is 23.3 Å². The van der Waals surface area contributed by atoms with E-state index < -0.39 is 0 Å². The lowest BCUT2D eigenvalue weighted by atomic mass is 10.1. The van der Waals surface area contributed by atoms with Gasteiger partial charge >= 0.3 is 0 Å². The molecule has 0 aliphatic rings. The topological polar surface area (TPSA) is 13.1 Å². The maximum Gasteiger partial charge on any atom is 0.135 e. The maximum absolute atomic E-state index is 5.80. The Labute approximate surface area is 112 Å². The molecule has 0 atom stereocenters. The maximum atomic E-state index is 5.80. The van der Waals surface area contributed by atoms with Gasteiger partial charge in [-0.2, -0.15) is 12.6 Å². The van der Waals surface area contributed by atoms with Crippen LogP contribution in [0.5, 0.6) is 0 Å². The van der Waals surface area contributed by atoms with E-state index in [9.17, 15) is 0 Å². The predicted octanol–water partition coefficient (Wildman–Crippen LogP) is 4.92. The van der Waals surface area contributed by atoms with Crippen LogP contribution in [-0.2, 0) is 0 Å². The highest BCUT2D eigenvalue weighted by Crippen LogP contribution is 2.29. The van der Waals surface area contributed by atoms with E-state index in [-0.39, 0.29) is 0 Å². The van der Waals surface area contributed by atoms with Crippen LogP contribution >= 0.6 is 12.6 Å². The van der Waals surface area contributed by atoms with E-state index in [2.05, 4.69) is 43.0 Å². The summed E-state index contributed by atoms with van der Waals surface area (Å²) < 4.78 is 5.80. The largest absolute Gasteiger partial charge is 0.456 e. The Kier molecular flexibility index (Phi) is 3.11. The van der Waals surface area contributed by atoms with Gasteiger partial charge in [-0.1, -0.05) is 36.4 Å². The molecule has 0 spiro atoms. The summed E-state index contributed by atoms with van der Waals surface area (Å²) in [6.45, 7) is 0. The highest BCUT2D eigenvalue weighted by Gasteiger charge is 2.05. The molecule has 0 saturated heterocycles. The van der Waals surface area contributed by atoms with Crippen LogP contribution in [0.1, 0.15) is 12.0 Å². The molecule has 3 aromatic rings. The number of thiol groups is 1. The Hall–Kier alpha value is -1.67. The summed E-state index contributed by atoms with van der Waals surface area (Å²) in [5, 5.41) is 2.36. The number of furan rings is 1. The standard InChI is InChI=1S/C16H14OS/c18-10-4-3-5-12-8-9-16-14(11-12)13-6-1-2-7-15(13)17-16/h1-3,5-9,11,18H,4,10H2. The van der Waals surface area contributed by atoms with Gasteiger partial charge in [0.2, 0.25) is 0 Å². The fraction of sp³-hybridized carbons (Fsp3) is 0.125. The lowest BCUT2D eigenvalue weighted by Gasteiger charge is -1.94. The second-order valence-corrected chi connectivity index (χ2v) is 4.72. The van der Waals surface area contributed by atoms with Crippen molar-refractivity contribution in [3.8, 4) is 0 Å². The molecule has 0 amide bonds. The number of rotatable bonds is 3. The van der Waals surface area contributed by atoms with Crippen molar-refractivity contribution in [3.63, 3.8) is 0 Å². The molecule has 2 aromatic carbocycles. The lowest BCUT2D eigenvalue weighted by molar-refractivity contribution is 0.669. The third kappa shape index (κ3) is 2.04. The van der Waals surface area contributed by atoms with Gasteiger partial charge in [0.05, 0.1) is 0 Å². The molecular weight excluding hydrogens is 240 g/mol. The van der Waals surface area contributed by atoms with Gasteiger partial charge in [-0.25, -0.2) is 0 Å². The number of fused-ring (bicyclic) bond motifs is 3. The first-order valence-electron chi connectivity index (χ1n) is 6.07. The predicted molar refractivity (Wildman–Crippen MR) is 81.2 cm³/mol. The monoisotopic (exact) mass is 254 g/mol. The quantitative estimate of drug-likeness (QED) is 0.655. The Balaban J connectivity index is 2.12. The second kappa shape index (κ2) is 4.91. The van der Waals surface area contributed by atoms with Gasteiger partial charge in [0.1, 0.15) is 11.2 Å². The molecule has 0 unspecified atom stereocenters. The zero-order chi connectivity index (χ0) is 12.4. The van der Waals surface area contributed by atoms with Gasteiger partial charge in [-0.3, -0.25) is 0 Å². The molecule has 1 nitrogen and oxygen atoms in total. The van der Waals surface area contributed by atoms with Crippen molar-refractivity contribution < 1.29 is 4.42 Å². The van der Waals surface area contributed by atoms with E-state index in [0.29, 0.717) is 0 Å². The molecule has 1 aromatic heterocycles. The summed E-state index contributed by atoms with van der Waals surface area (Å²) in [5.41, 5.74) is 3.10. The van der Waals surface area contributed by atoms with E-state index in [1.807, 2.05) is 24.3 Å². The number of para-hydroxylation sites is 1. The van der Waals surface area contributed by atoms with Crippen LogP contribution in [0, 0.1) is 0 Å². The molecule has 18 heavy (non-hydrogen) atoms. The van der Waals surface area contributed by atoms with Crippen molar-refractivity contribution in [1.82, 2.24) is 0 Å². The van der Waals surface area contributed by atoms with Crippen LogP contribution in [0.3, 0.4) is 0 Å². The molecule has 90 valence electrons. The van der Waals surface area contributed by atoms with Gasteiger partial charge in [0.15, 0.2) is 0 Å². The highest BCUT2D eigenvalue weighted by atomic mass is 32.1. The fourth-order valence-corrected chi connectivity index (χ4v) is 2.29.